The maximum atomic E-state index is 11.7. The van der Waals surface area contributed by atoms with Crippen LogP contribution in [-0.4, -0.2) is 10.5 Å². The third-order valence-corrected chi connectivity index (χ3v) is 3.70. The van der Waals surface area contributed by atoms with Gasteiger partial charge >= 0.3 is 0 Å². The molecule has 4 heteroatoms. The van der Waals surface area contributed by atoms with Crippen LogP contribution in [0.4, 0.5) is 0 Å². The van der Waals surface area contributed by atoms with Crippen LogP contribution in [0.2, 0.25) is 0 Å². The van der Waals surface area contributed by atoms with Gasteiger partial charge in [0, 0.05) is 16.5 Å². The molecule has 20 heavy (non-hydrogen) atoms. The average molecular weight is 303 g/mol. The van der Waals surface area contributed by atoms with Gasteiger partial charge in [0.25, 0.3) is 10.5 Å². The first kappa shape index (κ1) is 13.1. The molecule has 98 valence electrons. The van der Waals surface area contributed by atoms with Crippen molar-refractivity contribution in [1.29, 1.82) is 0 Å². The predicted octanol–water partition coefficient (Wildman–Crippen LogP) is 4.75. The first-order chi connectivity index (χ1) is 9.58. The Morgan fingerprint density at radius 2 is 1.50 bits per heavy atom. The zero-order chi connectivity index (χ0) is 14.3. The molecule has 0 aliphatic carbocycles. The summed E-state index contributed by atoms with van der Waals surface area (Å²) in [6, 6.07) is 14.6. The van der Waals surface area contributed by atoms with E-state index in [1.165, 1.54) is 6.07 Å². The van der Waals surface area contributed by atoms with Crippen LogP contribution >= 0.6 is 23.2 Å². The molecule has 0 N–H and O–H groups in total. The maximum absolute atomic E-state index is 11.7. The molecule has 0 saturated heterocycles. The van der Waals surface area contributed by atoms with E-state index in [4.69, 9.17) is 23.2 Å². The molecule has 0 saturated carbocycles. The van der Waals surface area contributed by atoms with Crippen molar-refractivity contribution >= 4 is 55.2 Å². The molecule has 3 rings (SSSR count). The number of hydrogen-bond acceptors (Lipinski definition) is 2. The average Bonchev–Trinajstić information content (AvgIpc) is 2.45. The number of benzene rings is 3. The molecule has 2 nitrogen and oxygen atoms in total. The molecule has 3 aromatic carbocycles. The van der Waals surface area contributed by atoms with Gasteiger partial charge in [0.2, 0.25) is 0 Å². The molecule has 0 radical (unpaired) electrons. The molecule has 0 aromatic heterocycles. The topological polar surface area (TPSA) is 34.1 Å². The van der Waals surface area contributed by atoms with Crippen molar-refractivity contribution in [3.8, 4) is 0 Å². The smallest absolute Gasteiger partial charge is 0.253 e. The Morgan fingerprint density at radius 3 is 2.20 bits per heavy atom. The minimum absolute atomic E-state index is 0.262. The second kappa shape index (κ2) is 4.89. The van der Waals surface area contributed by atoms with E-state index in [1.54, 1.807) is 6.07 Å². The van der Waals surface area contributed by atoms with E-state index in [0.717, 1.165) is 21.5 Å². The maximum Gasteiger partial charge on any atom is 0.253 e. The molecular weight excluding hydrogens is 295 g/mol. The summed E-state index contributed by atoms with van der Waals surface area (Å²) in [5.74, 6) is 0. The minimum Gasteiger partial charge on any atom is -0.276 e. The Labute approximate surface area is 124 Å². The number of halogens is 2. The van der Waals surface area contributed by atoms with Crippen LogP contribution in [0.1, 0.15) is 20.7 Å². The fourth-order valence-electron chi connectivity index (χ4n) is 2.41. The van der Waals surface area contributed by atoms with Crippen molar-refractivity contribution in [3.05, 3.63) is 59.7 Å². The summed E-state index contributed by atoms with van der Waals surface area (Å²) in [5.41, 5.74) is 0.559. The summed E-state index contributed by atoms with van der Waals surface area (Å²) in [6.07, 6.45) is 0. The number of rotatable bonds is 2. The Balaban J connectivity index is 2.54. The number of carbonyl (C=O) groups is 2. The fourth-order valence-corrected chi connectivity index (χ4v) is 2.67. The standard InChI is InChI=1S/C16H8Cl2O2/c17-15(19)11-7-10-6-5-9-3-1-2-4-12(9)14(10)13(8-11)16(18)20/h1-8H. The summed E-state index contributed by atoms with van der Waals surface area (Å²) >= 11 is 11.2. The zero-order valence-electron chi connectivity index (χ0n) is 10.2. The normalized spacial score (nSPS) is 10.9. The summed E-state index contributed by atoms with van der Waals surface area (Å²) in [7, 11) is 0. The summed E-state index contributed by atoms with van der Waals surface area (Å²) < 4.78 is 0. The van der Waals surface area contributed by atoms with Gasteiger partial charge in [0.15, 0.2) is 0 Å². The van der Waals surface area contributed by atoms with Gasteiger partial charge in [-0.15, -0.1) is 0 Å². The van der Waals surface area contributed by atoms with Gasteiger partial charge in [0.05, 0.1) is 0 Å². The highest BCUT2D eigenvalue weighted by Gasteiger charge is 2.14. The van der Waals surface area contributed by atoms with Crippen LogP contribution in [0.3, 0.4) is 0 Å². The molecule has 0 heterocycles. The Kier molecular flexibility index (Phi) is 3.20. The second-order valence-corrected chi connectivity index (χ2v) is 5.14. The van der Waals surface area contributed by atoms with Gasteiger partial charge in [-0.25, -0.2) is 0 Å². The minimum atomic E-state index is -0.612. The van der Waals surface area contributed by atoms with E-state index >= 15 is 0 Å². The summed E-state index contributed by atoms with van der Waals surface area (Å²) in [4.78, 5) is 23.0. The van der Waals surface area contributed by atoms with Gasteiger partial charge in [-0.3, -0.25) is 9.59 Å². The quantitative estimate of drug-likeness (QED) is 0.505. The van der Waals surface area contributed by atoms with Crippen LogP contribution in [0, 0.1) is 0 Å². The highest BCUT2D eigenvalue weighted by molar-refractivity contribution is 6.70. The van der Waals surface area contributed by atoms with Crippen LogP contribution < -0.4 is 0 Å². The molecule has 0 unspecified atom stereocenters. The Morgan fingerprint density at radius 1 is 0.800 bits per heavy atom. The number of hydrogen-bond donors (Lipinski definition) is 0. The molecule has 0 amide bonds. The van der Waals surface area contributed by atoms with Crippen molar-refractivity contribution in [2.45, 2.75) is 0 Å². The molecule has 3 aromatic rings. The van der Waals surface area contributed by atoms with Gasteiger partial charge in [-0.05, 0) is 51.5 Å². The molecule has 0 aliphatic heterocycles. The lowest BCUT2D eigenvalue weighted by Gasteiger charge is -2.09. The van der Waals surface area contributed by atoms with Crippen molar-refractivity contribution < 1.29 is 9.59 Å². The highest BCUT2D eigenvalue weighted by atomic mass is 35.5. The van der Waals surface area contributed by atoms with E-state index in [-0.39, 0.29) is 5.56 Å². The number of fused-ring (bicyclic) bond motifs is 3. The molecule has 0 bridgehead atoms. The van der Waals surface area contributed by atoms with Crippen LogP contribution in [0.15, 0.2) is 48.5 Å². The zero-order valence-corrected chi connectivity index (χ0v) is 11.7. The molecule has 0 atom stereocenters. The monoisotopic (exact) mass is 302 g/mol. The van der Waals surface area contributed by atoms with E-state index < -0.39 is 10.5 Å². The molecule has 0 fully saturated rings. The van der Waals surface area contributed by atoms with Crippen molar-refractivity contribution in [2.24, 2.45) is 0 Å². The third-order valence-electron chi connectivity index (χ3n) is 3.28. The van der Waals surface area contributed by atoms with Gasteiger partial charge in [-0.1, -0.05) is 36.4 Å². The lowest BCUT2D eigenvalue weighted by molar-refractivity contribution is 0.108. The van der Waals surface area contributed by atoms with Gasteiger partial charge < -0.3 is 0 Å². The predicted molar refractivity (Wildman–Crippen MR) is 81.8 cm³/mol. The molecular formula is C16H8Cl2O2. The SMILES string of the molecule is O=C(Cl)c1cc(C(=O)Cl)c2c(ccc3ccccc32)c1. The van der Waals surface area contributed by atoms with E-state index in [0.29, 0.717) is 5.56 Å². The fraction of sp³-hybridized carbons (Fsp3) is 0. The highest BCUT2D eigenvalue weighted by Crippen LogP contribution is 2.30. The lowest BCUT2D eigenvalue weighted by Crippen LogP contribution is -1.97. The Bertz CT molecular complexity index is 869. The van der Waals surface area contributed by atoms with Gasteiger partial charge in [-0.2, -0.15) is 0 Å². The third kappa shape index (κ3) is 2.07. The first-order valence-electron chi connectivity index (χ1n) is 5.93. The lowest BCUT2D eigenvalue weighted by atomic mass is 9.96. The van der Waals surface area contributed by atoms with Gasteiger partial charge in [0.1, 0.15) is 0 Å². The molecule has 0 spiro atoms. The molecule has 0 aliphatic rings. The summed E-state index contributed by atoms with van der Waals surface area (Å²) in [5, 5.41) is 2.21. The summed E-state index contributed by atoms with van der Waals surface area (Å²) in [6.45, 7) is 0. The van der Waals surface area contributed by atoms with Crippen molar-refractivity contribution in [3.63, 3.8) is 0 Å². The Hall–Kier alpha value is -1.90. The van der Waals surface area contributed by atoms with Crippen molar-refractivity contribution in [2.75, 3.05) is 0 Å². The van der Waals surface area contributed by atoms with Crippen LogP contribution in [-0.2, 0) is 0 Å². The van der Waals surface area contributed by atoms with E-state index in [1.807, 2.05) is 36.4 Å². The van der Waals surface area contributed by atoms with Crippen LogP contribution in [0.25, 0.3) is 21.5 Å². The van der Waals surface area contributed by atoms with Crippen molar-refractivity contribution in [1.82, 2.24) is 0 Å². The van der Waals surface area contributed by atoms with E-state index in [9.17, 15) is 9.59 Å². The second-order valence-electron chi connectivity index (χ2n) is 4.46. The first-order valence-corrected chi connectivity index (χ1v) is 6.68. The number of carbonyl (C=O) groups excluding carboxylic acids is 2. The van der Waals surface area contributed by atoms with Crippen LogP contribution in [0.5, 0.6) is 0 Å². The largest absolute Gasteiger partial charge is 0.276 e. The van der Waals surface area contributed by atoms with E-state index in [2.05, 4.69) is 0 Å².